The van der Waals surface area contributed by atoms with Gasteiger partial charge in [-0.1, -0.05) is 19.1 Å². The fraction of sp³-hybridized carbons (Fsp3) is 0.400. The van der Waals surface area contributed by atoms with Gasteiger partial charge in [-0.05, 0) is 37.2 Å². The minimum atomic E-state index is -3.03. The minimum Gasteiger partial charge on any atom is -0.309 e. The number of rotatable bonds is 5. The van der Waals surface area contributed by atoms with E-state index in [1.54, 1.807) is 0 Å². The fourth-order valence-corrected chi connectivity index (χ4v) is 3.20. The number of nitrogens with one attached hydrogen (secondary N) is 1. The maximum Gasteiger partial charge on any atom is 0.149 e. The predicted molar refractivity (Wildman–Crippen MR) is 82.6 cm³/mol. The van der Waals surface area contributed by atoms with Gasteiger partial charge in [0.15, 0.2) is 0 Å². The highest BCUT2D eigenvalue weighted by atomic mass is 32.2. The van der Waals surface area contributed by atoms with E-state index in [2.05, 4.69) is 10.3 Å². The predicted octanol–water partition coefficient (Wildman–Crippen LogP) is 2.24. The standard InChI is InChI=1S/C15H20N2O2S/c1-4-16-15(10-20(3,18)19)13-7-8-14-12(9-13)6-5-11(2)17-14/h5-9,15-16H,4,10H2,1-3H3. The van der Waals surface area contributed by atoms with E-state index < -0.39 is 9.84 Å². The first-order valence-corrected chi connectivity index (χ1v) is 8.73. The summed E-state index contributed by atoms with van der Waals surface area (Å²) in [6.07, 6.45) is 1.27. The van der Waals surface area contributed by atoms with E-state index in [4.69, 9.17) is 0 Å². The zero-order chi connectivity index (χ0) is 14.8. The smallest absolute Gasteiger partial charge is 0.149 e. The van der Waals surface area contributed by atoms with Crippen LogP contribution in [0.15, 0.2) is 30.3 Å². The van der Waals surface area contributed by atoms with Crippen LogP contribution >= 0.6 is 0 Å². The summed E-state index contributed by atoms with van der Waals surface area (Å²) in [5, 5.41) is 4.26. The number of fused-ring (bicyclic) bond motifs is 1. The van der Waals surface area contributed by atoms with Crippen molar-refractivity contribution < 1.29 is 8.42 Å². The van der Waals surface area contributed by atoms with Crippen molar-refractivity contribution in [2.24, 2.45) is 0 Å². The zero-order valence-corrected chi connectivity index (χ0v) is 12.9. The second-order valence-electron chi connectivity index (χ2n) is 5.11. The van der Waals surface area contributed by atoms with Crippen LogP contribution < -0.4 is 5.32 Å². The monoisotopic (exact) mass is 292 g/mol. The first-order chi connectivity index (χ1) is 9.39. The molecule has 0 aliphatic rings. The number of hydrogen-bond donors (Lipinski definition) is 1. The van der Waals surface area contributed by atoms with Crippen LogP contribution in [0, 0.1) is 6.92 Å². The number of sulfone groups is 1. The van der Waals surface area contributed by atoms with Crippen LogP contribution in [-0.2, 0) is 9.84 Å². The molecular weight excluding hydrogens is 272 g/mol. The van der Waals surface area contributed by atoms with E-state index in [-0.39, 0.29) is 11.8 Å². The largest absolute Gasteiger partial charge is 0.309 e. The molecule has 0 aliphatic heterocycles. The molecule has 2 rings (SSSR count). The molecule has 1 N–H and O–H groups in total. The van der Waals surface area contributed by atoms with E-state index in [0.717, 1.165) is 28.7 Å². The molecular formula is C15H20N2O2S. The van der Waals surface area contributed by atoms with Gasteiger partial charge in [0.2, 0.25) is 0 Å². The lowest BCUT2D eigenvalue weighted by Gasteiger charge is -2.18. The molecule has 108 valence electrons. The second-order valence-corrected chi connectivity index (χ2v) is 7.29. The van der Waals surface area contributed by atoms with E-state index in [0.29, 0.717) is 0 Å². The Morgan fingerprint density at radius 3 is 2.65 bits per heavy atom. The van der Waals surface area contributed by atoms with Crippen LogP contribution in [0.5, 0.6) is 0 Å². The highest BCUT2D eigenvalue weighted by Crippen LogP contribution is 2.21. The molecule has 0 aliphatic carbocycles. The maximum absolute atomic E-state index is 11.5. The van der Waals surface area contributed by atoms with Crippen molar-refractivity contribution in [2.75, 3.05) is 18.6 Å². The molecule has 4 nitrogen and oxygen atoms in total. The van der Waals surface area contributed by atoms with Gasteiger partial charge in [-0.15, -0.1) is 0 Å². The van der Waals surface area contributed by atoms with Crippen LogP contribution in [-0.4, -0.2) is 32.0 Å². The van der Waals surface area contributed by atoms with Crippen LogP contribution in [0.1, 0.15) is 24.2 Å². The van der Waals surface area contributed by atoms with E-state index >= 15 is 0 Å². The number of aryl methyl sites for hydroxylation is 1. The molecule has 1 aromatic heterocycles. The molecule has 1 atom stereocenters. The summed E-state index contributed by atoms with van der Waals surface area (Å²) in [5.74, 6) is 0.103. The normalized spacial score (nSPS) is 13.6. The van der Waals surface area contributed by atoms with Crippen molar-refractivity contribution in [2.45, 2.75) is 19.9 Å². The Kier molecular flexibility index (Phi) is 4.40. The van der Waals surface area contributed by atoms with Gasteiger partial charge in [-0.25, -0.2) is 8.42 Å². The summed E-state index contributed by atoms with van der Waals surface area (Å²) >= 11 is 0. The number of pyridine rings is 1. The van der Waals surface area contributed by atoms with Crippen molar-refractivity contribution in [1.82, 2.24) is 10.3 Å². The van der Waals surface area contributed by atoms with Gasteiger partial charge in [0.1, 0.15) is 9.84 Å². The van der Waals surface area contributed by atoms with E-state index in [1.807, 2.05) is 44.2 Å². The lowest BCUT2D eigenvalue weighted by atomic mass is 10.0. The van der Waals surface area contributed by atoms with Crippen LogP contribution in [0.3, 0.4) is 0 Å². The van der Waals surface area contributed by atoms with Crippen LogP contribution in [0.4, 0.5) is 0 Å². The molecule has 0 radical (unpaired) electrons. The third kappa shape index (κ3) is 3.77. The number of hydrogen-bond acceptors (Lipinski definition) is 4. The molecule has 1 unspecified atom stereocenters. The Balaban J connectivity index is 2.40. The lowest BCUT2D eigenvalue weighted by molar-refractivity contribution is 0.563. The summed E-state index contributed by atoms with van der Waals surface area (Å²) in [5.41, 5.74) is 2.89. The van der Waals surface area contributed by atoms with Gasteiger partial charge in [-0.3, -0.25) is 4.98 Å². The molecule has 0 saturated carbocycles. The second kappa shape index (κ2) is 5.89. The van der Waals surface area contributed by atoms with E-state index in [9.17, 15) is 8.42 Å². The zero-order valence-electron chi connectivity index (χ0n) is 12.1. The van der Waals surface area contributed by atoms with Crippen LogP contribution in [0.2, 0.25) is 0 Å². The van der Waals surface area contributed by atoms with Gasteiger partial charge < -0.3 is 5.32 Å². The summed E-state index contributed by atoms with van der Waals surface area (Å²) in [7, 11) is -3.03. The number of nitrogens with zero attached hydrogens (tertiary/aromatic N) is 1. The van der Waals surface area contributed by atoms with Gasteiger partial charge in [-0.2, -0.15) is 0 Å². The van der Waals surface area contributed by atoms with Crippen molar-refractivity contribution in [3.05, 3.63) is 41.6 Å². The van der Waals surface area contributed by atoms with Crippen molar-refractivity contribution in [3.63, 3.8) is 0 Å². The van der Waals surface area contributed by atoms with Gasteiger partial charge in [0.25, 0.3) is 0 Å². The molecule has 0 bridgehead atoms. The number of aromatic nitrogens is 1. The topological polar surface area (TPSA) is 59.1 Å². The molecule has 0 saturated heterocycles. The summed E-state index contributed by atoms with van der Waals surface area (Å²) in [6.45, 7) is 4.66. The van der Waals surface area contributed by atoms with Crippen molar-refractivity contribution in [1.29, 1.82) is 0 Å². The fourth-order valence-electron chi connectivity index (χ4n) is 2.28. The highest BCUT2D eigenvalue weighted by molar-refractivity contribution is 7.90. The Morgan fingerprint density at radius 1 is 1.25 bits per heavy atom. The molecule has 5 heteroatoms. The third-order valence-corrected chi connectivity index (χ3v) is 4.11. The van der Waals surface area contributed by atoms with Gasteiger partial charge in [0, 0.05) is 23.4 Å². The van der Waals surface area contributed by atoms with Gasteiger partial charge in [0.05, 0.1) is 11.3 Å². The first-order valence-electron chi connectivity index (χ1n) is 6.67. The number of benzene rings is 1. The first kappa shape index (κ1) is 14.9. The average Bonchev–Trinajstić information content (AvgIpc) is 2.36. The molecule has 0 fully saturated rings. The summed E-state index contributed by atoms with van der Waals surface area (Å²) in [4.78, 5) is 4.46. The Hall–Kier alpha value is -1.46. The van der Waals surface area contributed by atoms with Gasteiger partial charge >= 0.3 is 0 Å². The molecule has 2 aromatic rings. The average molecular weight is 292 g/mol. The van der Waals surface area contributed by atoms with Crippen molar-refractivity contribution >= 4 is 20.7 Å². The SMILES string of the molecule is CCNC(CS(C)(=O)=O)c1ccc2nc(C)ccc2c1. The Morgan fingerprint density at radius 2 is 2.00 bits per heavy atom. The van der Waals surface area contributed by atoms with E-state index in [1.165, 1.54) is 6.26 Å². The summed E-state index contributed by atoms with van der Waals surface area (Å²) < 4.78 is 23.1. The molecule has 1 aromatic carbocycles. The quantitative estimate of drug-likeness (QED) is 0.918. The van der Waals surface area contributed by atoms with Crippen molar-refractivity contribution in [3.8, 4) is 0 Å². The highest BCUT2D eigenvalue weighted by Gasteiger charge is 2.16. The molecule has 1 heterocycles. The molecule has 20 heavy (non-hydrogen) atoms. The summed E-state index contributed by atoms with van der Waals surface area (Å²) in [6, 6.07) is 9.72. The third-order valence-electron chi connectivity index (χ3n) is 3.17. The Bertz CT molecular complexity index is 711. The Labute approximate surface area is 120 Å². The lowest BCUT2D eigenvalue weighted by Crippen LogP contribution is -2.27. The van der Waals surface area contributed by atoms with Crippen LogP contribution in [0.25, 0.3) is 10.9 Å². The molecule has 0 spiro atoms. The molecule has 0 amide bonds. The maximum atomic E-state index is 11.5. The minimum absolute atomic E-state index is 0.103.